The number of aryl methyl sites for hydroxylation is 1. The van der Waals surface area contributed by atoms with Crippen LogP contribution >= 0.6 is 0 Å². The molecule has 0 saturated heterocycles. The predicted octanol–water partition coefficient (Wildman–Crippen LogP) is 4.97. The number of carbonyl (C=O) groups is 1. The summed E-state index contributed by atoms with van der Waals surface area (Å²) < 4.78 is 5.91. The molecule has 0 atom stereocenters. The van der Waals surface area contributed by atoms with Crippen molar-refractivity contribution in [2.75, 3.05) is 11.9 Å². The van der Waals surface area contributed by atoms with Gasteiger partial charge in [0.25, 0.3) is 11.6 Å². The smallest absolute Gasteiger partial charge is 0.272 e. The summed E-state index contributed by atoms with van der Waals surface area (Å²) in [5.41, 5.74) is 1.40. The molecule has 136 valence electrons. The Balaban J connectivity index is 1.89. The lowest BCUT2D eigenvalue weighted by Gasteiger charge is -2.21. The van der Waals surface area contributed by atoms with Gasteiger partial charge in [0.15, 0.2) is 5.75 Å². The average Bonchev–Trinajstić information content (AvgIpc) is 2.67. The Bertz CT molecular complexity index is 986. The summed E-state index contributed by atoms with van der Waals surface area (Å²) >= 11 is 0. The van der Waals surface area contributed by atoms with E-state index in [-0.39, 0.29) is 11.6 Å². The number of carbonyl (C=O) groups excluding carboxylic acids is 1. The highest BCUT2D eigenvalue weighted by Gasteiger charge is 2.20. The van der Waals surface area contributed by atoms with Crippen LogP contribution in [0.1, 0.15) is 15.9 Å². The first-order chi connectivity index (χ1) is 13.0. The van der Waals surface area contributed by atoms with E-state index in [1.54, 1.807) is 26.1 Å². The van der Waals surface area contributed by atoms with Crippen LogP contribution in [0.25, 0.3) is 0 Å². The number of amides is 1. The topological polar surface area (TPSA) is 72.7 Å². The lowest BCUT2D eigenvalue weighted by atomic mass is 10.1. The second kappa shape index (κ2) is 7.70. The van der Waals surface area contributed by atoms with Gasteiger partial charge in [-0.25, -0.2) is 0 Å². The van der Waals surface area contributed by atoms with Crippen LogP contribution in [0.4, 0.5) is 11.4 Å². The van der Waals surface area contributed by atoms with Gasteiger partial charge in [0.05, 0.1) is 10.6 Å². The molecule has 0 unspecified atom stereocenters. The summed E-state index contributed by atoms with van der Waals surface area (Å²) in [6, 6.07) is 20.8. The van der Waals surface area contributed by atoms with E-state index in [2.05, 4.69) is 0 Å². The van der Waals surface area contributed by atoms with Crippen LogP contribution in [-0.2, 0) is 0 Å². The highest BCUT2D eigenvalue weighted by Crippen LogP contribution is 2.32. The third-order valence-corrected chi connectivity index (χ3v) is 4.14. The Morgan fingerprint density at radius 3 is 2.33 bits per heavy atom. The van der Waals surface area contributed by atoms with Crippen molar-refractivity contribution in [1.82, 2.24) is 0 Å². The van der Waals surface area contributed by atoms with Crippen molar-refractivity contribution < 1.29 is 14.5 Å². The van der Waals surface area contributed by atoms with Gasteiger partial charge in [-0.2, -0.15) is 0 Å². The Hall–Kier alpha value is -3.67. The quantitative estimate of drug-likeness (QED) is 0.474. The molecule has 0 fully saturated rings. The molecule has 3 aromatic rings. The molecule has 0 bridgehead atoms. The standard InChI is InChI=1S/C21H18N2O4/c1-15-14-16(12-13-18(15)23(25)26)21(24)22(2)19-10-6-7-11-20(19)27-17-8-4-3-5-9-17/h3-14H,1-2H3. The molecule has 0 N–H and O–H groups in total. The molecule has 3 rings (SSSR count). The minimum atomic E-state index is -0.462. The molecule has 27 heavy (non-hydrogen) atoms. The number of nitro benzene ring substituents is 1. The summed E-state index contributed by atoms with van der Waals surface area (Å²) in [6.45, 7) is 1.61. The number of hydrogen-bond acceptors (Lipinski definition) is 4. The van der Waals surface area contributed by atoms with Crippen molar-refractivity contribution in [3.63, 3.8) is 0 Å². The van der Waals surface area contributed by atoms with E-state index in [1.807, 2.05) is 42.5 Å². The highest BCUT2D eigenvalue weighted by atomic mass is 16.6. The first-order valence-corrected chi connectivity index (χ1v) is 8.32. The van der Waals surface area contributed by atoms with Crippen molar-refractivity contribution >= 4 is 17.3 Å². The maximum Gasteiger partial charge on any atom is 0.272 e. The molecule has 1 amide bonds. The maximum atomic E-state index is 12.9. The zero-order valence-electron chi connectivity index (χ0n) is 15.0. The number of nitro groups is 1. The maximum absolute atomic E-state index is 12.9. The lowest BCUT2D eigenvalue weighted by molar-refractivity contribution is -0.385. The summed E-state index contributed by atoms with van der Waals surface area (Å²) in [5.74, 6) is 0.923. The van der Waals surface area contributed by atoms with Crippen LogP contribution in [0, 0.1) is 17.0 Å². The second-order valence-corrected chi connectivity index (χ2v) is 6.01. The number of anilines is 1. The lowest BCUT2D eigenvalue weighted by Crippen LogP contribution is -2.26. The van der Waals surface area contributed by atoms with Gasteiger partial charge in [0, 0.05) is 24.2 Å². The first-order valence-electron chi connectivity index (χ1n) is 8.32. The largest absolute Gasteiger partial charge is 0.455 e. The summed E-state index contributed by atoms with van der Waals surface area (Å²) in [5, 5.41) is 11.0. The molecule has 0 spiro atoms. The van der Waals surface area contributed by atoms with Crippen molar-refractivity contribution in [3.8, 4) is 11.5 Å². The van der Waals surface area contributed by atoms with Gasteiger partial charge in [-0.3, -0.25) is 14.9 Å². The second-order valence-electron chi connectivity index (χ2n) is 6.01. The number of benzene rings is 3. The fourth-order valence-corrected chi connectivity index (χ4v) is 2.73. The molecular weight excluding hydrogens is 344 g/mol. The van der Waals surface area contributed by atoms with Crippen LogP contribution in [0.2, 0.25) is 0 Å². The molecule has 6 nitrogen and oxygen atoms in total. The van der Waals surface area contributed by atoms with Crippen molar-refractivity contribution in [2.45, 2.75) is 6.92 Å². The van der Waals surface area contributed by atoms with E-state index < -0.39 is 4.92 Å². The molecule has 0 radical (unpaired) electrons. The Morgan fingerprint density at radius 1 is 1.00 bits per heavy atom. The Kier molecular flexibility index (Phi) is 5.17. The minimum Gasteiger partial charge on any atom is -0.455 e. The van der Waals surface area contributed by atoms with E-state index >= 15 is 0 Å². The molecule has 0 aliphatic heterocycles. The molecule has 0 aliphatic carbocycles. The van der Waals surface area contributed by atoms with Crippen LogP contribution in [-0.4, -0.2) is 17.9 Å². The van der Waals surface area contributed by atoms with Gasteiger partial charge in [0.2, 0.25) is 0 Å². The molecule has 0 aromatic heterocycles. The fraction of sp³-hybridized carbons (Fsp3) is 0.0952. The van der Waals surface area contributed by atoms with Gasteiger partial charge < -0.3 is 9.64 Å². The van der Waals surface area contributed by atoms with E-state index in [0.29, 0.717) is 28.3 Å². The van der Waals surface area contributed by atoms with Gasteiger partial charge in [0.1, 0.15) is 5.75 Å². The zero-order chi connectivity index (χ0) is 19.4. The predicted molar refractivity (Wildman–Crippen MR) is 104 cm³/mol. The van der Waals surface area contributed by atoms with Crippen LogP contribution < -0.4 is 9.64 Å². The number of para-hydroxylation sites is 3. The van der Waals surface area contributed by atoms with Gasteiger partial charge in [-0.15, -0.1) is 0 Å². The van der Waals surface area contributed by atoms with E-state index in [0.717, 1.165) is 0 Å². The third-order valence-electron chi connectivity index (χ3n) is 4.14. The van der Waals surface area contributed by atoms with E-state index in [4.69, 9.17) is 4.74 Å². The molecule has 6 heteroatoms. The van der Waals surface area contributed by atoms with Crippen LogP contribution in [0.3, 0.4) is 0 Å². The third kappa shape index (κ3) is 3.95. The summed E-state index contributed by atoms with van der Waals surface area (Å²) in [6.07, 6.45) is 0. The van der Waals surface area contributed by atoms with Gasteiger partial charge in [-0.1, -0.05) is 30.3 Å². The molecular formula is C21H18N2O4. The zero-order valence-corrected chi connectivity index (χ0v) is 15.0. The molecule has 0 heterocycles. The van der Waals surface area contributed by atoms with Crippen molar-refractivity contribution in [2.24, 2.45) is 0 Å². The number of nitrogens with zero attached hydrogens (tertiary/aromatic N) is 2. The number of rotatable bonds is 5. The summed E-state index contributed by atoms with van der Waals surface area (Å²) in [4.78, 5) is 24.9. The highest BCUT2D eigenvalue weighted by molar-refractivity contribution is 6.06. The normalized spacial score (nSPS) is 10.3. The molecule has 3 aromatic carbocycles. The number of ether oxygens (including phenoxy) is 1. The number of hydrogen-bond donors (Lipinski definition) is 0. The van der Waals surface area contributed by atoms with E-state index in [9.17, 15) is 14.9 Å². The molecule has 0 saturated carbocycles. The average molecular weight is 362 g/mol. The first kappa shape index (κ1) is 18.1. The van der Waals surface area contributed by atoms with Crippen LogP contribution in [0.5, 0.6) is 11.5 Å². The summed E-state index contributed by atoms with van der Waals surface area (Å²) in [7, 11) is 1.65. The van der Waals surface area contributed by atoms with Crippen molar-refractivity contribution in [1.29, 1.82) is 0 Å². The fourth-order valence-electron chi connectivity index (χ4n) is 2.73. The van der Waals surface area contributed by atoms with Crippen LogP contribution in [0.15, 0.2) is 72.8 Å². The molecule has 0 aliphatic rings. The SMILES string of the molecule is Cc1cc(C(=O)N(C)c2ccccc2Oc2ccccc2)ccc1[N+](=O)[O-]. The van der Waals surface area contributed by atoms with E-state index in [1.165, 1.54) is 23.1 Å². The van der Waals surface area contributed by atoms with Crippen molar-refractivity contribution in [3.05, 3.63) is 94.0 Å². The Labute approximate surface area is 156 Å². The minimum absolute atomic E-state index is 0.0120. The van der Waals surface area contributed by atoms with Gasteiger partial charge in [-0.05, 0) is 43.3 Å². The Morgan fingerprint density at radius 2 is 1.67 bits per heavy atom. The monoisotopic (exact) mass is 362 g/mol. The van der Waals surface area contributed by atoms with Gasteiger partial charge >= 0.3 is 0 Å².